The Kier molecular flexibility index (Phi) is 5.12. The highest BCUT2D eigenvalue weighted by Gasteiger charge is 2.39. The van der Waals surface area contributed by atoms with Crippen LogP contribution in [0.4, 0.5) is 13.2 Å². The van der Waals surface area contributed by atoms with Gasteiger partial charge in [0.2, 0.25) is 0 Å². The Hall–Kier alpha value is -2.58. The van der Waals surface area contributed by atoms with E-state index in [-0.39, 0.29) is 17.9 Å². The van der Waals surface area contributed by atoms with Gasteiger partial charge in [-0.1, -0.05) is 22.9 Å². The van der Waals surface area contributed by atoms with Crippen molar-refractivity contribution in [3.63, 3.8) is 0 Å². The van der Waals surface area contributed by atoms with Crippen molar-refractivity contribution >= 4 is 11.6 Å². The predicted molar refractivity (Wildman–Crippen MR) is 92.6 cm³/mol. The van der Waals surface area contributed by atoms with Gasteiger partial charge in [0.1, 0.15) is 17.1 Å². The summed E-state index contributed by atoms with van der Waals surface area (Å²) in [7, 11) is 0. The first-order chi connectivity index (χ1) is 12.6. The predicted octanol–water partition coefficient (Wildman–Crippen LogP) is 4.65. The maximum absolute atomic E-state index is 13.6. The van der Waals surface area contributed by atoms with Gasteiger partial charge in [-0.2, -0.15) is 13.2 Å². The minimum Gasteiger partial charge on any atom is -0.457 e. The molecule has 142 valence electrons. The molecule has 1 atom stereocenters. The van der Waals surface area contributed by atoms with Crippen LogP contribution in [0.1, 0.15) is 18.1 Å². The third-order valence-electron chi connectivity index (χ3n) is 3.87. The summed E-state index contributed by atoms with van der Waals surface area (Å²) in [6.07, 6.45) is -1.84. The summed E-state index contributed by atoms with van der Waals surface area (Å²) in [6.45, 7) is 1.10. The van der Waals surface area contributed by atoms with E-state index in [4.69, 9.17) is 16.3 Å². The Morgan fingerprint density at radius 3 is 2.33 bits per heavy atom. The van der Waals surface area contributed by atoms with Crippen LogP contribution in [0.15, 0.2) is 54.9 Å². The summed E-state index contributed by atoms with van der Waals surface area (Å²) in [4.78, 5) is 0. The lowest BCUT2D eigenvalue weighted by Gasteiger charge is -2.27. The van der Waals surface area contributed by atoms with Crippen LogP contribution in [0, 0.1) is 0 Å². The average molecular weight is 398 g/mol. The molecule has 2 aromatic carbocycles. The Morgan fingerprint density at radius 1 is 1.07 bits per heavy atom. The van der Waals surface area contributed by atoms with Gasteiger partial charge in [0.15, 0.2) is 0 Å². The second-order valence-electron chi connectivity index (χ2n) is 6.14. The van der Waals surface area contributed by atoms with Crippen molar-refractivity contribution < 1.29 is 23.0 Å². The first-order valence-electron chi connectivity index (χ1n) is 7.87. The van der Waals surface area contributed by atoms with Gasteiger partial charge in [0.25, 0.3) is 0 Å². The van der Waals surface area contributed by atoms with Crippen LogP contribution in [0.5, 0.6) is 11.5 Å². The Balaban J connectivity index is 1.95. The number of rotatable bonds is 5. The maximum Gasteiger partial charge on any atom is 0.416 e. The van der Waals surface area contributed by atoms with Crippen LogP contribution in [0.2, 0.25) is 5.02 Å². The number of ether oxygens (including phenoxy) is 1. The van der Waals surface area contributed by atoms with Crippen molar-refractivity contribution in [1.82, 2.24) is 15.0 Å². The van der Waals surface area contributed by atoms with Crippen molar-refractivity contribution in [3.05, 3.63) is 71.0 Å². The van der Waals surface area contributed by atoms with Crippen LogP contribution in [-0.2, 0) is 18.3 Å². The molecule has 1 N–H and O–H groups in total. The van der Waals surface area contributed by atoms with E-state index >= 15 is 0 Å². The molecular weight excluding hydrogens is 383 g/mol. The molecule has 0 amide bonds. The SMILES string of the molecule is CC(O)(Cn1ccnn1)c1ccc(Oc2ccc(Cl)cc2)cc1C(F)(F)F. The lowest BCUT2D eigenvalue weighted by molar-refractivity contribution is -0.140. The highest BCUT2D eigenvalue weighted by atomic mass is 35.5. The smallest absolute Gasteiger partial charge is 0.416 e. The number of nitrogens with zero attached hydrogens (tertiary/aromatic N) is 3. The first kappa shape index (κ1) is 19.2. The van der Waals surface area contributed by atoms with Gasteiger partial charge in [0.05, 0.1) is 18.3 Å². The van der Waals surface area contributed by atoms with E-state index in [9.17, 15) is 18.3 Å². The van der Waals surface area contributed by atoms with Gasteiger partial charge in [0, 0.05) is 11.2 Å². The molecule has 9 heteroatoms. The van der Waals surface area contributed by atoms with Crippen molar-refractivity contribution in [3.8, 4) is 11.5 Å². The fraction of sp³-hybridized carbons (Fsp3) is 0.222. The summed E-state index contributed by atoms with van der Waals surface area (Å²) in [5, 5.41) is 18.4. The zero-order valence-electron chi connectivity index (χ0n) is 14.1. The molecule has 1 heterocycles. The number of halogens is 4. The molecule has 0 aliphatic carbocycles. The molecule has 0 aliphatic heterocycles. The summed E-state index contributed by atoms with van der Waals surface area (Å²) in [5.74, 6) is 0.333. The Bertz CT molecular complexity index is 911. The normalized spacial score (nSPS) is 14.0. The highest BCUT2D eigenvalue weighted by Crippen LogP contribution is 2.40. The third-order valence-corrected chi connectivity index (χ3v) is 4.12. The van der Waals surface area contributed by atoms with Crippen molar-refractivity contribution in [2.75, 3.05) is 0 Å². The molecule has 0 radical (unpaired) electrons. The zero-order valence-corrected chi connectivity index (χ0v) is 14.9. The van der Waals surface area contributed by atoms with Crippen LogP contribution >= 0.6 is 11.6 Å². The van der Waals surface area contributed by atoms with E-state index in [1.807, 2.05) is 0 Å². The van der Waals surface area contributed by atoms with Gasteiger partial charge in [-0.15, -0.1) is 5.10 Å². The van der Waals surface area contributed by atoms with E-state index in [1.165, 1.54) is 36.1 Å². The molecule has 3 rings (SSSR count). The number of hydrogen-bond acceptors (Lipinski definition) is 4. The molecule has 0 fully saturated rings. The minimum atomic E-state index is -4.68. The highest BCUT2D eigenvalue weighted by molar-refractivity contribution is 6.30. The van der Waals surface area contributed by atoms with Gasteiger partial charge < -0.3 is 9.84 Å². The molecule has 0 bridgehead atoms. The monoisotopic (exact) mass is 397 g/mol. The van der Waals surface area contributed by atoms with Gasteiger partial charge in [-0.25, -0.2) is 4.68 Å². The zero-order chi connectivity index (χ0) is 19.7. The molecule has 0 saturated carbocycles. The molecule has 0 saturated heterocycles. The summed E-state index contributed by atoms with van der Waals surface area (Å²) >= 11 is 5.79. The van der Waals surface area contributed by atoms with E-state index in [0.29, 0.717) is 10.8 Å². The number of aromatic nitrogens is 3. The molecule has 1 aromatic heterocycles. The molecule has 1 unspecified atom stereocenters. The molecule has 5 nitrogen and oxygen atoms in total. The lowest BCUT2D eigenvalue weighted by Crippen LogP contribution is -2.31. The summed E-state index contributed by atoms with van der Waals surface area (Å²) < 4.78 is 47.6. The summed E-state index contributed by atoms with van der Waals surface area (Å²) in [6, 6.07) is 9.66. The van der Waals surface area contributed by atoms with E-state index in [1.54, 1.807) is 24.3 Å². The van der Waals surface area contributed by atoms with Crippen LogP contribution in [0.25, 0.3) is 0 Å². The summed E-state index contributed by atoms with van der Waals surface area (Å²) in [5.41, 5.74) is -3.09. The van der Waals surface area contributed by atoms with Gasteiger partial charge in [-0.3, -0.25) is 0 Å². The quantitative estimate of drug-likeness (QED) is 0.680. The van der Waals surface area contributed by atoms with E-state index in [2.05, 4.69) is 10.3 Å². The van der Waals surface area contributed by atoms with Crippen molar-refractivity contribution in [1.29, 1.82) is 0 Å². The van der Waals surface area contributed by atoms with E-state index in [0.717, 1.165) is 6.07 Å². The van der Waals surface area contributed by atoms with Gasteiger partial charge >= 0.3 is 6.18 Å². The molecule has 27 heavy (non-hydrogen) atoms. The average Bonchev–Trinajstić information content (AvgIpc) is 3.08. The fourth-order valence-corrected chi connectivity index (χ4v) is 2.77. The topological polar surface area (TPSA) is 60.2 Å². The van der Waals surface area contributed by atoms with Crippen LogP contribution in [-0.4, -0.2) is 20.1 Å². The number of benzene rings is 2. The second-order valence-corrected chi connectivity index (χ2v) is 6.57. The van der Waals surface area contributed by atoms with Crippen LogP contribution in [0.3, 0.4) is 0 Å². The maximum atomic E-state index is 13.6. The fourth-order valence-electron chi connectivity index (χ4n) is 2.65. The van der Waals surface area contributed by atoms with Crippen molar-refractivity contribution in [2.24, 2.45) is 0 Å². The third kappa shape index (κ3) is 4.58. The largest absolute Gasteiger partial charge is 0.457 e. The van der Waals surface area contributed by atoms with E-state index < -0.39 is 17.3 Å². The number of aliphatic hydroxyl groups is 1. The van der Waals surface area contributed by atoms with Gasteiger partial charge in [-0.05, 0) is 48.9 Å². The standard InChI is InChI=1S/C18H15ClF3N3O2/c1-17(26,11-25-9-8-23-24-25)15-7-6-14(10-16(15)18(20,21)22)27-13-4-2-12(19)3-5-13/h2-10,26H,11H2,1H3. The molecular formula is C18H15ClF3N3O2. The molecule has 0 aliphatic rings. The second kappa shape index (κ2) is 7.21. The van der Waals surface area contributed by atoms with Crippen molar-refractivity contribution in [2.45, 2.75) is 25.2 Å². The number of hydrogen-bond donors (Lipinski definition) is 1. The lowest BCUT2D eigenvalue weighted by atomic mass is 9.90. The molecule has 0 spiro atoms. The first-order valence-corrected chi connectivity index (χ1v) is 8.24. The Morgan fingerprint density at radius 2 is 1.74 bits per heavy atom. The number of alkyl halides is 3. The minimum absolute atomic E-state index is 0.00930. The molecule has 3 aromatic rings. The van der Waals surface area contributed by atoms with Crippen LogP contribution < -0.4 is 4.74 Å². The Labute approximate surface area is 158 Å².